The molecule has 0 amide bonds. The summed E-state index contributed by atoms with van der Waals surface area (Å²) in [5.74, 6) is -0.665. The number of esters is 1. The minimum Gasteiger partial charge on any atom is -0.459 e. The lowest BCUT2D eigenvalue weighted by molar-refractivity contribution is -0.145. The van der Waals surface area contributed by atoms with Gasteiger partial charge in [0.25, 0.3) is 5.56 Å². The summed E-state index contributed by atoms with van der Waals surface area (Å²) in [6, 6.07) is 9.24. The van der Waals surface area contributed by atoms with E-state index >= 15 is 0 Å². The maximum absolute atomic E-state index is 13.6. The van der Waals surface area contributed by atoms with Gasteiger partial charge in [0.15, 0.2) is 16.6 Å². The van der Waals surface area contributed by atoms with Crippen LogP contribution in [-0.4, -0.2) is 50.6 Å². The summed E-state index contributed by atoms with van der Waals surface area (Å²) in [6.07, 6.45) is 0.590. The molecule has 1 aliphatic heterocycles. The molecule has 3 rings (SSSR count). The number of hydrogen-bond donors (Lipinski definition) is 0. The Bertz CT molecular complexity index is 1350. The molecule has 1 saturated heterocycles. The van der Waals surface area contributed by atoms with Gasteiger partial charge in [0.2, 0.25) is 0 Å². The molecule has 0 spiro atoms. The summed E-state index contributed by atoms with van der Waals surface area (Å²) < 4.78 is 27.6. The molecule has 0 bridgehead atoms. The van der Waals surface area contributed by atoms with Gasteiger partial charge in [0.05, 0.1) is 12.7 Å². The zero-order chi connectivity index (χ0) is 31.7. The van der Waals surface area contributed by atoms with Crippen LogP contribution in [0.2, 0.25) is 36.3 Å². The molecule has 0 saturated carbocycles. The zero-order valence-corrected chi connectivity index (χ0v) is 29.3. The van der Waals surface area contributed by atoms with Crippen LogP contribution in [0.15, 0.2) is 46.1 Å². The number of rotatable bonds is 10. The quantitative estimate of drug-likeness (QED) is 0.247. The molecule has 234 valence electrons. The molecule has 42 heavy (non-hydrogen) atoms. The maximum atomic E-state index is 13.6. The second kappa shape index (κ2) is 12.7. The van der Waals surface area contributed by atoms with Gasteiger partial charge >= 0.3 is 11.7 Å². The Hall–Kier alpha value is -2.32. The average Bonchev–Trinajstić information content (AvgIpc) is 3.27. The molecule has 1 fully saturated rings. The minimum absolute atomic E-state index is 0.0172. The average molecular weight is 619 g/mol. The molecular formula is C31H50N2O7Si2. The van der Waals surface area contributed by atoms with Crippen LogP contribution >= 0.6 is 0 Å². The van der Waals surface area contributed by atoms with E-state index in [2.05, 4.69) is 67.7 Å². The van der Waals surface area contributed by atoms with E-state index in [4.69, 9.17) is 18.3 Å². The molecule has 2 heterocycles. The number of ether oxygens (including phenoxy) is 2. The largest absolute Gasteiger partial charge is 0.459 e. The van der Waals surface area contributed by atoms with E-state index in [-0.39, 0.29) is 28.9 Å². The second-order valence-corrected chi connectivity index (χ2v) is 24.0. The van der Waals surface area contributed by atoms with Crippen LogP contribution in [0.1, 0.15) is 65.3 Å². The van der Waals surface area contributed by atoms with Gasteiger partial charge < -0.3 is 18.3 Å². The van der Waals surface area contributed by atoms with Crippen molar-refractivity contribution >= 4 is 22.6 Å². The van der Waals surface area contributed by atoms with Crippen LogP contribution < -0.4 is 11.2 Å². The number of carbonyl (C=O) groups excluding carboxylic acids is 1. The molecule has 2 aromatic rings. The summed E-state index contributed by atoms with van der Waals surface area (Å²) in [5.41, 5.74) is -0.00284. The fraction of sp³-hybridized carbons (Fsp3) is 0.645. The monoisotopic (exact) mass is 618 g/mol. The number of aryl methyl sites for hydroxylation is 1. The molecule has 1 aromatic carbocycles. The fourth-order valence-corrected chi connectivity index (χ4v) is 6.60. The first-order valence-corrected chi connectivity index (χ1v) is 20.5. The Morgan fingerprint density at radius 2 is 1.57 bits per heavy atom. The predicted octanol–water partition coefficient (Wildman–Crippen LogP) is 5.76. The Balaban J connectivity index is 1.88. The van der Waals surface area contributed by atoms with Crippen molar-refractivity contribution < 1.29 is 23.1 Å². The van der Waals surface area contributed by atoms with Gasteiger partial charge in [-0.2, -0.15) is 0 Å². The Morgan fingerprint density at radius 3 is 2.14 bits per heavy atom. The molecule has 0 radical (unpaired) electrons. The lowest BCUT2D eigenvalue weighted by atomic mass is 10.2. The first-order chi connectivity index (χ1) is 19.2. The lowest BCUT2D eigenvalue weighted by Gasteiger charge is -2.40. The zero-order valence-electron chi connectivity index (χ0n) is 27.3. The van der Waals surface area contributed by atoms with Crippen LogP contribution in [0.5, 0.6) is 0 Å². The number of hydrogen-bond acceptors (Lipinski definition) is 7. The van der Waals surface area contributed by atoms with Gasteiger partial charge in [-0.15, -0.1) is 0 Å². The summed E-state index contributed by atoms with van der Waals surface area (Å²) in [6.45, 7) is 23.5. The van der Waals surface area contributed by atoms with Crippen molar-refractivity contribution in [2.24, 2.45) is 0 Å². The Kier molecular flexibility index (Phi) is 10.4. The standard InChI is InChI=1S/C31H50N2O7Si2/c1-22-18-32(29(36)33(28(22)35)19-27(34)37-20-23-15-13-12-14-16-23)26-17-24(40-42(10,11)31(5,6)7)25(39-26)21-38-41(8,9)30(2,3)4/h12-16,18,24-26H,17,19-21H2,1-11H3. The maximum Gasteiger partial charge on any atom is 0.333 e. The topological polar surface area (TPSA) is 98.0 Å². The third-order valence-electron chi connectivity index (χ3n) is 9.05. The van der Waals surface area contributed by atoms with E-state index in [0.717, 1.165) is 10.1 Å². The van der Waals surface area contributed by atoms with Gasteiger partial charge in [-0.25, -0.2) is 9.36 Å². The van der Waals surface area contributed by atoms with E-state index in [1.54, 1.807) is 6.92 Å². The Labute approximate surface area is 252 Å². The molecular weight excluding hydrogens is 569 g/mol. The van der Waals surface area contributed by atoms with E-state index in [1.807, 2.05) is 30.3 Å². The summed E-state index contributed by atoms with van der Waals surface area (Å²) in [4.78, 5) is 39.3. The van der Waals surface area contributed by atoms with Gasteiger partial charge in [-0.3, -0.25) is 14.2 Å². The van der Waals surface area contributed by atoms with Gasteiger partial charge in [-0.05, 0) is 48.8 Å². The molecule has 3 unspecified atom stereocenters. The first kappa shape index (κ1) is 34.2. The SMILES string of the molecule is Cc1cn(C2CC(O[Si](C)(C)C(C)(C)C)C(CO[Si](C)(C)C(C)(C)C)O2)c(=O)n(CC(=O)OCc2ccccc2)c1=O. The minimum atomic E-state index is -2.19. The predicted molar refractivity (Wildman–Crippen MR) is 170 cm³/mol. The van der Waals surface area contributed by atoms with E-state index in [1.165, 1.54) is 10.8 Å². The highest BCUT2D eigenvalue weighted by molar-refractivity contribution is 6.74. The number of carbonyl (C=O) groups is 1. The van der Waals surface area contributed by atoms with Crippen LogP contribution in [0.3, 0.4) is 0 Å². The van der Waals surface area contributed by atoms with Crippen molar-refractivity contribution in [2.45, 2.75) is 123 Å². The third kappa shape index (κ3) is 7.99. The second-order valence-electron chi connectivity index (χ2n) is 14.4. The van der Waals surface area contributed by atoms with Crippen molar-refractivity contribution in [3.05, 3.63) is 68.5 Å². The molecule has 1 aromatic heterocycles. The molecule has 0 aliphatic carbocycles. The highest BCUT2D eigenvalue weighted by atomic mass is 28.4. The molecule has 9 nitrogen and oxygen atoms in total. The van der Waals surface area contributed by atoms with Crippen molar-refractivity contribution in [3.8, 4) is 0 Å². The van der Waals surface area contributed by atoms with Crippen molar-refractivity contribution in [3.63, 3.8) is 0 Å². The molecule has 3 atom stereocenters. The first-order valence-electron chi connectivity index (χ1n) is 14.7. The van der Waals surface area contributed by atoms with Crippen LogP contribution in [0, 0.1) is 6.92 Å². The number of aromatic nitrogens is 2. The van der Waals surface area contributed by atoms with Crippen molar-refractivity contribution in [1.29, 1.82) is 0 Å². The van der Waals surface area contributed by atoms with Gasteiger partial charge in [0.1, 0.15) is 25.5 Å². The van der Waals surface area contributed by atoms with Crippen molar-refractivity contribution in [1.82, 2.24) is 9.13 Å². The molecule has 0 N–H and O–H groups in total. The Morgan fingerprint density at radius 1 is 0.976 bits per heavy atom. The number of nitrogens with zero attached hydrogens (tertiary/aromatic N) is 2. The van der Waals surface area contributed by atoms with E-state index in [0.29, 0.717) is 18.6 Å². The lowest BCUT2D eigenvalue weighted by Crippen LogP contribution is -2.48. The smallest absolute Gasteiger partial charge is 0.333 e. The third-order valence-corrected chi connectivity index (χ3v) is 18.1. The van der Waals surface area contributed by atoms with Crippen LogP contribution in [0.4, 0.5) is 0 Å². The van der Waals surface area contributed by atoms with Gasteiger partial charge in [-0.1, -0.05) is 71.9 Å². The molecule has 1 aliphatic rings. The van der Waals surface area contributed by atoms with E-state index in [9.17, 15) is 14.4 Å². The molecule has 11 heteroatoms. The van der Waals surface area contributed by atoms with E-state index < -0.39 is 46.6 Å². The highest BCUT2D eigenvalue weighted by Gasteiger charge is 2.47. The number of benzene rings is 1. The van der Waals surface area contributed by atoms with Crippen LogP contribution in [0.25, 0.3) is 0 Å². The highest BCUT2D eigenvalue weighted by Crippen LogP contribution is 2.42. The summed E-state index contributed by atoms with van der Waals surface area (Å²) in [7, 11) is -4.26. The van der Waals surface area contributed by atoms with Gasteiger partial charge in [0, 0.05) is 18.2 Å². The fourth-order valence-electron chi connectivity index (χ4n) is 4.22. The summed E-state index contributed by atoms with van der Waals surface area (Å²) in [5, 5.41) is 0.0101. The normalized spacial score (nSPS) is 20.1. The van der Waals surface area contributed by atoms with Crippen molar-refractivity contribution in [2.75, 3.05) is 6.61 Å². The van der Waals surface area contributed by atoms with Crippen LogP contribution in [-0.2, 0) is 36.3 Å². The summed E-state index contributed by atoms with van der Waals surface area (Å²) >= 11 is 0.